The lowest BCUT2D eigenvalue weighted by Gasteiger charge is -2.27. The van der Waals surface area contributed by atoms with Gasteiger partial charge in [-0.05, 0) is 55.5 Å². The number of hydrogen-bond donors (Lipinski definition) is 2. The van der Waals surface area contributed by atoms with E-state index in [2.05, 4.69) is 30.6 Å². The highest BCUT2D eigenvalue weighted by Crippen LogP contribution is 2.25. The molecule has 3 nitrogen and oxygen atoms in total. The predicted molar refractivity (Wildman–Crippen MR) is 84.1 cm³/mol. The van der Waals surface area contributed by atoms with Gasteiger partial charge >= 0.3 is 0 Å². The van der Waals surface area contributed by atoms with Crippen LogP contribution in [0.2, 0.25) is 0 Å². The number of ether oxygens (including phenoxy) is 1. The van der Waals surface area contributed by atoms with Gasteiger partial charge < -0.3 is 15.2 Å². The Morgan fingerprint density at radius 3 is 2.80 bits per heavy atom. The Bertz CT molecular complexity index is 386. The van der Waals surface area contributed by atoms with E-state index < -0.39 is 6.10 Å². The maximum absolute atomic E-state index is 9.95. The summed E-state index contributed by atoms with van der Waals surface area (Å²) in [6, 6.07) is 2.13. The molecule has 1 unspecified atom stereocenters. The van der Waals surface area contributed by atoms with Crippen molar-refractivity contribution in [1.29, 1.82) is 0 Å². The maximum atomic E-state index is 9.95. The van der Waals surface area contributed by atoms with E-state index in [0.717, 1.165) is 25.3 Å². The van der Waals surface area contributed by atoms with Gasteiger partial charge in [-0.25, -0.2) is 0 Å². The van der Waals surface area contributed by atoms with E-state index in [9.17, 15) is 5.11 Å². The third-order valence-corrected chi connectivity index (χ3v) is 5.14. The minimum absolute atomic E-state index is 0.361. The number of aryl methyl sites for hydroxylation is 1. The summed E-state index contributed by atoms with van der Waals surface area (Å²) >= 11 is 1.76. The summed E-state index contributed by atoms with van der Waals surface area (Å²) < 4.78 is 5.82. The molecule has 4 heteroatoms. The van der Waals surface area contributed by atoms with Crippen LogP contribution < -0.4 is 5.32 Å². The van der Waals surface area contributed by atoms with Gasteiger partial charge in [-0.1, -0.05) is 6.92 Å². The third kappa shape index (κ3) is 5.17. The zero-order valence-corrected chi connectivity index (χ0v) is 13.4. The molecule has 1 aromatic rings. The van der Waals surface area contributed by atoms with Gasteiger partial charge in [-0.2, -0.15) is 0 Å². The molecule has 0 aliphatic heterocycles. The Kier molecular flexibility index (Phi) is 6.49. The Labute approximate surface area is 126 Å². The number of aliphatic hydroxyl groups excluding tert-OH is 1. The second-order valence-corrected chi connectivity index (χ2v) is 7.03. The SMILES string of the molecule is Cc1ccsc1CNCC(O)COC1CCC(C)CC1. The number of nitrogens with one attached hydrogen (secondary N) is 1. The molecule has 0 aromatic carbocycles. The van der Waals surface area contributed by atoms with Crippen molar-refractivity contribution in [3.05, 3.63) is 21.9 Å². The van der Waals surface area contributed by atoms with Gasteiger partial charge in [0.1, 0.15) is 0 Å². The average molecular weight is 297 g/mol. The molecule has 114 valence electrons. The van der Waals surface area contributed by atoms with Crippen molar-refractivity contribution < 1.29 is 9.84 Å². The highest BCUT2D eigenvalue weighted by molar-refractivity contribution is 7.10. The first-order valence-electron chi connectivity index (χ1n) is 7.68. The topological polar surface area (TPSA) is 41.5 Å². The van der Waals surface area contributed by atoms with Crippen molar-refractivity contribution >= 4 is 11.3 Å². The van der Waals surface area contributed by atoms with Crippen molar-refractivity contribution in [3.8, 4) is 0 Å². The lowest BCUT2D eigenvalue weighted by Crippen LogP contribution is -2.32. The van der Waals surface area contributed by atoms with Gasteiger partial charge in [0, 0.05) is 18.0 Å². The number of aliphatic hydroxyl groups is 1. The average Bonchev–Trinajstić information content (AvgIpc) is 2.84. The Hall–Kier alpha value is -0.420. The smallest absolute Gasteiger partial charge is 0.0897 e. The maximum Gasteiger partial charge on any atom is 0.0897 e. The van der Waals surface area contributed by atoms with Gasteiger partial charge in [0.05, 0.1) is 18.8 Å². The lowest BCUT2D eigenvalue weighted by molar-refractivity contribution is -0.0278. The summed E-state index contributed by atoms with van der Waals surface area (Å²) in [4.78, 5) is 1.35. The highest BCUT2D eigenvalue weighted by Gasteiger charge is 2.19. The van der Waals surface area contributed by atoms with E-state index in [1.165, 1.54) is 23.3 Å². The van der Waals surface area contributed by atoms with E-state index in [1.54, 1.807) is 11.3 Å². The molecular formula is C16H27NO2S. The van der Waals surface area contributed by atoms with Crippen LogP contribution in [0.5, 0.6) is 0 Å². The van der Waals surface area contributed by atoms with Crippen LogP contribution in [0.4, 0.5) is 0 Å². The quantitative estimate of drug-likeness (QED) is 0.812. The van der Waals surface area contributed by atoms with Gasteiger partial charge in [-0.3, -0.25) is 0 Å². The molecule has 1 aromatic heterocycles. The molecule has 1 saturated carbocycles. The number of thiophene rings is 1. The van der Waals surface area contributed by atoms with Gasteiger partial charge in [0.25, 0.3) is 0 Å². The Morgan fingerprint density at radius 2 is 2.15 bits per heavy atom. The molecule has 1 aliphatic rings. The van der Waals surface area contributed by atoms with Crippen molar-refractivity contribution in [2.75, 3.05) is 13.2 Å². The van der Waals surface area contributed by atoms with Crippen molar-refractivity contribution in [1.82, 2.24) is 5.32 Å². The minimum atomic E-state index is -0.408. The van der Waals surface area contributed by atoms with Gasteiger partial charge in [0.2, 0.25) is 0 Å². The zero-order valence-electron chi connectivity index (χ0n) is 12.6. The molecule has 0 amide bonds. The summed E-state index contributed by atoms with van der Waals surface area (Å²) in [5.41, 5.74) is 1.32. The van der Waals surface area contributed by atoms with E-state index in [0.29, 0.717) is 19.3 Å². The molecule has 20 heavy (non-hydrogen) atoms. The molecule has 0 radical (unpaired) electrons. The molecule has 0 spiro atoms. The molecule has 2 N–H and O–H groups in total. The standard InChI is InChI=1S/C16H27NO2S/c1-12-3-5-15(6-4-12)19-11-14(18)9-17-10-16-13(2)7-8-20-16/h7-8,12,14-15,17-18H,3-6,9-11H2,1-2H3. The predicted octanol–water partition coefficient (Wildman–Crippen LogP) is 3.10. The van der Waals surface area contributed by atoms with Crippen molar-refractivity contribution in [3.63, 3.8) is 0 Å². The lowest BCUT2D eigenvalue weighted by atomic mass is 9.89. The van der Waals surface area contributed by atoms with Crippen molar-refractivity contribution in [2.24, 2.45) is 5.92 Å². The summed E-state index contributed by atoms with van der Waals surface area (Å²) in [7, 11) is 0. The molecule has 1 fully saturated rings. The summed E-state index contributed by atoms with van der Waals surface area (Å²) in [5, 5.41) is 15.4. The third-order valence-electron chi connectivity index (χ3n) is 4.12. The molecule has 0 saturated heterocycles. The molecule has 1 atom stereocenters. The van der Waals surface area contributed by atoms with E-state index >= 15 is 0 Å². The fourth-order valence-electron chi connectivity index (χ4n) is 2.64. The fraction of sp³-hybridized carbons (Fsp3) is 0.750. The second kappa shape index (κ2) is 8.13. The summed E-state index contributed by atoms with van der Waals surface area (Å²) in [6.45, 7) is 6.32. The minimum Gasteiger partial charge on any atom is -0.389 e. The Balaban J connectivity index is 1.56. The van der Waals surface area contributed by atoms with Crippen molar-refractivity contribution in [2.45, 2.75) is 58.3 Å². The molecule has 0 bridgehead atoms. The molecule has 1 aliphatic carbocycles. The van der Waals surface area contributed by atoms with Crippen LogP contribution in [0.15, 0.2) is 11.4 Å². The first-order chi connectivity index (χ1) is 9.65. The highest BCUT2D eigenvalue weighted by atomic mass is 32.1. The van der Waals surface area contributed by atoms with Crippen LogP contribution in [0.3, 0.4) is 0 Å². The fourth-order valence-corrected chi connectivity index (χ4v) is 3.52. The second-order valence-electron chi connectivity index (χ2n) is 6.03. The monoisotopic (exact) mass is 297 g/mol. The van der Waals surface area contributed by atoms with Gasteiger partial charge in [-0.15, -0.1) is 11.3 Å². The van der Waals surface area contributed by atoms with Crippen LogP contribution in [-0.4, -0.2) is 30.5 Å². The molecular weight excluding hydrogens is 270 g/mol. The van der Waals surface area contributed by atoms with Crippen LogP contribution in [0.1, 0.15) is 43.0 Å². The van der Waals surface area contributed by atoms with Crippen LogP contribution in [-0.2, 0) is 11.3 Å². The van der Waals surface area contributed by atoms with Crippen LogP contribution in [0.25, 0.3) is 0 Å². The van der Waals surface area contributed by atoms with E-state index in [-0.39, 0.29) is 0 Å². The molecule has 1 heterocycles. The van der Waals surface area contributed by atoms with Crippen LogP contribution >= 0.6 is 11.3 Å². The molecule has 2 rings (SSSR count). The summed E-state index contributed by atoms with van der Waals surface area (Å²) in [6.07, 6.45) is 4.77. The van der Waals surface area contributed by atoms with E-state index in [4.69, 9.17) is 4.74 Å². The van der Waals surface area contributed by atoms with Gasteiger partial charge in [0.15, 0.2) is 0 Å². The first kappa shape index (κ1) is 16.0. The largest absolute Gasteiger partial charge is 0.389 e. The zero-order chi connectivity index (χ0) is 14.4. The first-order valence-corrected chi connectivity index (χ1v) is 8.56. The Morgan fingerprint density at radius 1 is 1.40 bits per heavy atom. The van der Waals surface area contributed by atoms with E-state index in [1.807, 2.05) is 0 Å². The van der Waals surface area contributed by atoms with Crippen LogP contribution in [0, 0.1) is 12.8 Å². The summed E-state index contributed by atoms with van der Waals surface area (Å²) in [5.74, 6) is 0.843. The normalized spacial score (nSPS) is 24.8. The number of rotatable bonds is 7. The number of hydrogen-bond acceptors (Lipinski definition) is 4.